The van der Waals surface area contributed by atoms with Crippen LogP contribution < -0.4 is 10.4 Å². The van der Waals surface area contributed by atoms with Gasteiger partial charge in [0.25, 0.3) is 5.69 Å². The van der Waals surface area contributed by atoms with Crippen molar-refractivity contribution in [2.45, 2.75) is 56.9 Å². The van der Waals surface area contributed by atoms with Gasteiger partial charge < -0.3 is 15.2 Å². The Balaban J connectivity index is 2.36. The number of carbonyl (C=O) groups excluding carboxylic acids is 1. The average molecular weight is 412 g/mol. The van der Waals surface area contributed by atoms with Crippen LogP contribution in [0.1, 0.15) is 46.0 Å². The van der Waals surface area contributed by atoms with Crippen LogP contribution in [0, 0.1) is 16.0 Å². The number of nitro groups is 1. The lowest BCUT2D eigenvalue weighted by molar-refractivity contribution is -0.384. The quantitative estimate of drug-likeness (QED) is 0.508. The van der Waals surface area contributed by atoms with Crippen molar-refractivity contribution in [3.05, 3.63) is 28.3 Å². The molecule has 1 atom stereocenters. The first-order valence-electron chi connectivity index (χ1n) is 9.39. The van der Waals surface area contributed by atoms with Crippen molar-refractivity contribution in [1.82, 2.24) is 4.31 Å². The molecule has 1 saturated heterocycles. The Hall–Kier alpha value is -2.20. The second-order valence-electron chi connectivity index (χ2n) is 7.40. The monoisotopic (exact) mass is 412 g/mol. The highest BCUT2D eigenvalue weighted by molar-refractivity contribution is 7.89. The Bertz CT molecular complexity index is 817. The topological polar surface area (TPSA) is 133 Å². The molecule has 0 spiro atoms. The summed E-state index contributed by atoms with van der Waals surface area (Å²) in [6, 6.07) is 2.40. The third kappa shape index (κ3) is 5.41. The maximum absolute atomic E-state index is 12.9. The van der Waals surface area contributed by atoms with Gasteiger partial charge in [0.05, 0.1) is 21.8 Å². The fourth-order valence-corrected chi connectivity index (χ4v) is 4.79. The van der Waals surface area contributed by atoms with Gasteiger partial charge in [0.1, 0.15) is 5.69 Å². The van der Waals surface area contributed by atoms with Gasteiger partial charge >= 0.3 is 0 Å². The van der Waals surface area contributed by atoms with E-state index in [-0.39, 0.29) is 22.9 Å². The van der Waals surface area contributed by atoms with Crippen molar-refractivity contribution in [3.8, 4) is 0 Å². The number of carboxylic acid groups (broad SMARTS) is 1. The van der Waals surface area contributed by atoms with E-state index in [1.54, 1.807) is 0 Å². The van der Waals surface area contributed by atoms with Crippen molar-refractivity contribution in [2.24, 2.45) is 5.92 Å². The molecule has 10 heteroatoms. The summed E-state index contributed by atoms with van der Waals surface area (Å²) >= 11 is 0. The van der Waals surface area contributed by atoms with Crippen LogP contribution in [0.3, 0.4) is 0 Å². The Morgan fingerprint density at radius 1 is 1.21 bits per heavy atom. The summed E-state index contributed by atoms with van der Waals surface area (Å²) in [6.07, 6.45) is 3.63. The van der Waals surface area contributed by atoms with Crippen molar-refractivity contribution in [3.63, 3.8) is 0 Å². The highest BCUT2D eigenvalue weighted by Gasteiger charge is 2.28. The zero-order valence-electron chi connectivity index (χ0n) is 16.1. The Labute approximate surface area is 164 Å². The number of hydrogen-bond acceptors (Lipinski definition) is 7. The number of hydrogen-bond donors (Lipinski definition) is 1. The van der Waals surface area contributed by atoms with Gasteiger partial charge in [0.2, 0.25) is 10.0 Å². The van der Waals surface area contributed by atoms with Gasteiger partial charge in [-0.2, -0.15) is 4.31 Å². The first kappa shape index (κ1) is 22.1. The van der Waals surface area contributed by atoms with Crippen molar-refractivity contribution in [1.29, 1.82) is 0 Å². The van der Waals surface area contributed by atoms with Crippen molar-refractivity contribution >= 4 is 27.4 Å². The van der Waals surface area contributed by atoms with Gasteiger partial charge in [0, 0.05) is 19.2 Å². The van der Waals surface area contributed by atoms with Crippen LogP contribution in [-0.2, 0) is 14.8 Å². The van der Waals surface area contributed by atoms with Crippen LogP contribution in [0.15, 0.2) is 23.1 Å². The van der Waals surface area contributed by atoms with E-state index in [1.165, 1.54) is 16.4 Å². The SMILES string of the molecule is CC(C)C[C@H](Nc1ccc(S(=O)(=O)N2CCCCCC2)cc1[N+](=O)[O-])C(=O)[O-]. The third-order valence-electron chi connectivity index (χ3n) is 4.69. The molecule has 156 valence electrons. The summed E-state index contributed by atoms with van der Waals surface area (Å²) < 4.78 is 27.1. The van der Waals surface area contributed by atoms with Gasteiger partial charge in [0.15, 0.2) is 0 Å². The summed E-state index contributed by atoms with van der Waals surface area (Å²) in [5.41, 5.74) is -0.527. The Morgan fingerprint density at radius 2 is 1.82 bits per heavy atom. The van der Waals surface area contributed by atoms with E-state index in [2.05, 4.69) is 5.32 Å². The molecule has 0 unspecified atom stereocenters. The number of sulfonamides is 1. The number of benzene rings is 1. The molecule has 0 bridgehead atoms. The molecule has 0 aliphatic carbocycles. The van der Waals surface area contributed by atoms with E-state index in [4.69, 9.17) is 0 Å². The molecule has 1 aliphatic heterocycles. The lowest BCUT2D eigenvalue weighted by Crippen LogP contribution is -2.41. The summed E-state index contributed by atoms with van der Waals surface area (Å²) in [7, 11) is -3.85. The van der Waals surface area contributed by atoms with Crippen molar-refractivity contribution in [2.75, 3.05) is 18.4 Å². The van der Waals surface area contributed by atoms with Crippen molar-refractivity contribution < 1.29 is 23.2 Å². The fraction of sp³-hybridized carbons (Fsp3) is 0.611. The first-order valence-corrected chi connectivity index (χ1v) is 10.8. The predicted molar refractivity (Wildman–Crippen MR) is 102 cm³/mol. The molecule has 28 heavy (non-hydrogen) atoms. The highest BCUT2D eigenvalue weighted by Crippen LogP contribution is 2.30. The minimum absolute atomic E-state index is 0.0251. The second kappa shape index (κ2) is 9.33. The number of carbonyl (C=O) groups is 1. The first-order chi connectivity index (χ1) is 13.1. The molecule has 0 aromatic heterocycles. The molecule has 0 radical (unpaired) electrons. The van der Waals surface area contributed by atoms with Gasteiger partial charge in [-0.1, -0.05) is 26.7 Å². The van der Waals surface area contributed by atoms with Crippen LogP contribution in [0.25, 0.3) is 0 Å². The number of nitrogens with one attached hydrogen (secondary N) is 1. The van der Waals surface area contributed by atoms with E-state index in [0.29, 0.717) is 13.1 Å². The zero-order valence-corrected chi connectivity index (χ0v) is 16.9. The second-order valence-corrected chi connectivity index (χ2v) is 9.34. The van der Waals surface area contributed by atoms with Gasteiger partial charge in [-0.05, 0) is 37.3 Å². The van der Waals surface area contributed by atoms with Crippen LogP contribution in [0.4, 0.5) is 11.4 Å². The van der Waals surface area contributed by atoms with E-state index >= 15 is 0 Å². The molecule has 1 fully saturated rings. The maximum Gasteiger partial charge on any atom is 0.293 e. The summed E-state index contributed by atoms with van der Waals surface area (Å²) in [6.45, 7) is 4.42. The molecule has 1 aliphatic rings. The van der Waals surface area contributed by atoms with Crippen LogP contribution in [-0.4, -0.2) is 42.7 Å². The molecule has 1 aromatic rings. The maximum atomic E-state index is 12.9. The predicted octanol–water partition coefficient (Wildman–Crippen LogP) is 1.74. The summed E-state index contributed by atoms with van der Waals surface area (Å²) in [5.74, 6) is -1.35. The van der Waals surface area contributed by atoms with Gasteiger partial charge in [-0.25, -0.2) is 8.42 Å². The lowest BCUT2D eigenvalue weighted by atomic mass is 10.0. The van der Waals surface area contributed by atoms with Gasteiger partial charge in [-0.3, -0.25) is 10.1 Å². The normalized spacial score (nSPS) is 17.1. The molecular weight excluding hydrogens is 386 g/mol. The third-order valence-corrected chi connectivity index (χ3v) is 6.58. The molecule has 0 amide bonds. The largest absolute Gasteiger partial charge is 0.548 e. The average Bonchev–Trinajstić information content (AvgIpc) is 2.90. The van der Waals surface area contributed by atoms with Crippen LogP contribution in [0.5, 0.6) is 0 Å². The van der Waals surface area contributed by atoms with Crippen LogP contribution >= 0.6 is 0 Å². The molecular formula is C18H26N3O6S-. The number of nitrogens with zero attached hydrogens (tertiary/aromatic N) is 2. The van der Waals surface area contributed by atoms with E-state index < -0.39 is 32.6 Å². The number of nitro benzene ring substituents is 1. The molecule has 1 aromatic carbocycles. The number of aliphatic carboxylic acids is 1. The minimum Gasteiger partial charge on any atom is -0.548 e. The van der Waals surface area contributed by atoms with Gasteiger partial charge in [-0.15, -0.1) is 0 Å². The van der Waals surface area contributed by atoms with Crippen LogP contribution in [0.2, 0.25) is 0 Å². The molecule has 2 rings (SSSR count). The zero-order chi connectivity index (χ0) is 20.9. The highest BCUT2D eigenvalue weighted by atomic mass is 32.2. The standard InChI is InChI=1S/C18H27N3O6S/c1-13(2)11-16(18(22)23)19-15-8-7-14(12-17(15)21(24)25)28(26,27)20-9-5-3-4-6-10-20/h7-8,12-13,16,19H,3-6,9-11H2,1-2H3,(H,22,23)/p-1/t16-/m0/s1. The summed E-state index contributed by atoms with van der Waals surface area (Å²) in [4.78, 5) is 22.0. The smallest absolute Gasteiger partial charge is 0.293 e. The molecule has 1 N–H and O–H groups in total. The minimum atomic E-state index is -3.85. The summed E-state index contributed by atoms with van der Waals surface area (Å²) in [5, 5.41) is 25.5. The van der Waals surface area contributed by atoms with E-state index in [9.17, 15) is 28.4 Å². The Morgan fingerprint density at radius 3 is 2.32 bits per heavy atom. The number of carboxylic acids is 1. The number of rotatable bonds is 8. The molecule has 0 saturated carbocycles. The molecule has 1 heterocycles. The lowest BCUT2D eigenvalue weighted by Gasteiger charge is -2.23. The van der Waals surface area contributed by atoms with E-state index in [0.717, 1.165) is 31.7 Å². The molecule has 9 nitrogen and oxygen atoms in total. The fourth-order valence-electron chi connectivity index (χ4n) is 3.25. The number of anilines is 1. The Kier molecular flexibility index (Phi) is 7.36. The van der Waals surface area contributed by atoms with E-state index in [1.807, 2.05) is 13.8 Å².